The molecule has 0 saturated carbocycles. The van der Waals surface area contributed by atoms with Crippen LogP contribution in [-0.2, 0) is 0 Å². The van der Waals surface area contributed by atoms with Crippen molar-refractivity contribution in [3.05, 3.63) is 23.1 Å². The van der Waals surface area contributed by atoms with E-state index in [9.17, 15) is 0 Å². The first-order chi connectivity index (χ1) is 6.61. The fourth-order valence-corrected chi connectivity index (χ4v) is 1.90. The number of aryl methyl sites for hydroxylation is 1. The fraction of sp³-hybridized carbons (Fsp3) is 0.400. The Morgan fingerprint density at radius 2 is 2.14 bits per heavy atom. The number of rotatable bonds is 1. The number of hydrogen-bond donors (Lipinski definition) is 0. The molecular weight excluding hydrogens is 198 g/mol. The third-order valence-corrected chi connectivity index (χ3v) is 2.52. The van der Waals surface area contributed by atoms with Crippen molar-refractivity contribution in [2.24, 2.45) is 0 Å². The van der Waals surface area contributed by atoms with Gasteiger partial charge in [-0.3, -0.25) is 4.68 Å². The first kappa shape index (κ1) is 9.46. The van der Waals surface area contributed by atoms with Gasteiger partial charge in [-0.25, -0.2) is 4.98 Å². The zero-order valence-electron chi connectivity index (χ0n) is 8.45. The van der Waals surface area contributed by atoms with Crippen LogP contribution in [0.3, 0.4) is 0 Å². The molecule has 0 aliphatic heterocycles. The summed E-state index contributed by atoms with van der Waals surface area (Å²) in [6.07, 6.45) is 1.71. The van der Waals surface area contributed by atoms with E-state index in [-0.39, 0.29) is 0 Å². The Morgan fingerprint density at radius 3 is 2.79 bits per heavy atom. The van der Waals surface area contributed by atoms with Crippen molar-refractivity contribution in [3.63, 3.8) is 0 Å². The summed E-state index contributed by atoms with van der Waals surface area (Å²) in [4.78, 5) is 4.05. The molecule has 2 rings (SSSR count). The van der Waals surface area contributed by atoms with Gasteiger partial charge in [0.25, 0.3) is 0 Å². The average molecular weight is 210 g/mol. The highest BCUT2D eigenvalue weighted by Gasteiger charge is 2.12. The fourth-order valence-electron chi connectivity index (χ4n) is 1.61. The summed E-state index contributed by atoms with van der Waals surface area (Å²) in [7, 11) is 0. The summed E-state index contributed by atoms with van der Waals surface area (Å²) in [6, 6.07) is 2.28. The van der Waals surface area contributed by atoms with Crippen molar-refractivity contribution < 1.29 is 0 Å². The molecule has 0 spiro atoms. The summed E-state index contributed by atoms with van der Waals surface area (Å²) in [5.74, 6) is 0. The standard InChI is InChI=1S/C10H12ClN3/c1-6(2)14-8-4-5-12-10(11)9(8)7(3)13-14/h4-6H,1-3H3. The third-order valence-electron chi connectivity index (χ3n) is 2.24. The molecule has 0 atom stereocenters. The van der Waals surface area contributed by atoms with Gasteiger partial charge < -0.3 is 0 Å². The Labute approximate surface area is 87.7 Å². The molecule has 0 aliphatic rings. The molecule has 2 aromatic rings. The highest BCUT2D eigenvalue weighted by Crippen LogP contribution is 2.26. The van der Waals surface area contributed by atoms with Crippen LogP contribution in [0.25, 0.3) is 10.9 Å². The highest BCUT2D eigenvalue weighted by molar-refractivity contribution is 6.34. The van der Waals surface area contributed by atoms with Crippen molar-refractivity contribution in [1.29, 1.82) is 0 Å². The summed E-state index contributed by atoms with van der Waals surface area (Å²) >= 11 is 6.02. The predicted molar refractivity (Wildman–Crippen MR) is 57.7 cm³/mol. The minimum atomic E-state index is 0.338. The number of halogens is 1. The maximum atomic E-state index is 6.02. The number of hydrogen-bond acceptors (Lipinski definition) is 2. The van der Waals surface area contributed by atoms with Gasteiger partial charge in [0.2, 0.25) is 0 Å². The molecule has 0 radical (unpaired) electrons. The summed E-state index contributed by atoms with van der Waals surface area (Å²) in [6.45, 7) is 6.15. The first-order valence-electron chi connectivity index (χ1n) is 4.60. The number of pyridine rings is 1. The topological polar surface area (TPSA) is 30.7 Å². The molecule has 0 amide bonds. The first-order valence-corrected chi connectivity index (χ1v) is 4.98. The van der Waals surface area contributed by atoms with Gasteiger partial charge in [-0.05, 0) is 26.8 Å². The zero-order chi connectivity index (χ0) is 10.3. The van der Waals surface area contributed by atoms with Crippen molar-refractivity contribution in [3.8, 4) is 0 Å². The van der Waals surface area contributed by atoms with E-state index in [4.69, 9.17) is 11.6 Å². The van der Waals surface area contributed by atoms with E-state index in [0.29, 0.717) is 11.2 Å². The van der Waals surface area contributed by atoms with Crippen molar-refractivity contribution in [2.75, 3.05) is 0 Å². The number of fused-ring (bicyclic) bond motifs is 1. The summed E-state index contributed by atoms with van der Waals surface area (Å²) < 4.78 is 1.97. The maximum absolute atomic E-state index is 6.02. The van der Waals surface area contributed by atoms with Crippen LogP contribution in [0, 0.1) is 6.92 Å². The molecule has 0 aromatic carbocycles. The molecule has 0 aliphatic carbocycles. The molecular formula is C10H12ClN3. The van der Waals surface area contributed by atoms with Crippen LogP contribution in [0.2, 0.25) is 5.15 Å². The molecule has 2 heterocycles. The van der Waals surface area contributed by atoms with Crippen LogP contribution in [0.4, 0.5) is 0 Å². The summed E-state index contributed by atoms with van der Waals surface area (Å²) in [5.41, 5.74) is 1.99. The van der Waals surface area contributed by atoms with E-state index in [1.165, 1.54) is 0 Å². The van der Waals surface area contributed by atoms with E-state index in [1.807, 2.05) is 17.7 Å². The van der Waals surface area contributed by atoms with Crippen LogP contribution in [-0.4, -0.2) is 14.8 Å². The van der Waals surface area contributed by atoms with E-state index in [2.05, 4.69) is 23.9 Å². The van der Waals surface area contributed by atoms with Gasteiger partial charge in [0.05, 0.1) is 16.6 Å². The molecule has 0 unspecified atom stereocenters. The van der Waals surface area contributed by atoms with Crippen molar-refractivity contribution >= 4 is 22.5 Å². The Morgan fingerprint density at radius 1 is 1.43 bits per heavy atom. The lowest BCUT2D eigenvalue weighted by Crippen LogP contribution is -2.02. The van der Waals surface area contributed by atoms with Crippen LogP contribution in [0.15, 0.2) is 12.3 Å². The van der Waals surface area contributed by atoms with Gasteiger partial charge >= 0.3 is 0 Å². The van der Waals surface area contributed by atoms with Crippen LogP contribution in [0.1, 0.15) is 25.6 Å². The van der Waals surface area contributed by atoms with Gasteiger partial charge in [0.15, 0.2) is 0 Å². The second-order valence-electron chi connectivity index (χ2n) is 3.62. The predicted octanol–water partition coefficient (Wildman–Crippen LogP) is 2.97. The van der Waals surface area contributed by atoms with Gasteiger partial charge in [-0.15, -0.1) is 0 Å². The highest BCUT2D eigenvalue weighted by atomic mass is 35.5. The number of aromatic nitrogens is 3. The van der Waals surface area contributed by atoms with Gasteiger partial charge in [0, 0.05) is 12.2 Å². The molecule has 0 bridgehead atoms. The van der Waals surface area contributed by atoms with Gasteiger partial charge in [0.1, 0.15) is 5.15 Å². The molecule has 4 heteroatoms. The second-order valence-corrected chi connectivity index (χ2v) is 3.98. The second kappa shape index (κ2) is 3.24. The lowest BCUT2D eigenvalue weighted by molar-refractivity contribution is 0.547. The molecule has 3 nitrogen and oxygen atoms in total. The van der Waals surface area contributed by atoms with Gasteiger partial charge in [-0.2, -0.15) is 5.10 Å². The van der Waals surface area contributed by atoms with E-state index in [0.717, 1.165) is 16.6 Å². The average Bonchev–Trinajstić information content (AvgIpc) is 2.45. The van der Waals surface area contributed by atoms with Crippen molar-refractivity contribution in [2.45, 2.75) is 26.8 Å². The number of nitrogens with zero attached hydrogens (tertiary/aromatic N) is 3. The Balaban J connectivity index is 2.84. The van der Waals surface area contributed by atoms with Crippen LogP contribution < -0.4 is 0 Å². The third kappa shape index (κ3) is 1.28. The molecule has 0 fully saturated rings. The van der Waals surface area contributed by atoms with Gasteiger partial charge in [-0.1, -0.05) is 11.6 Å². The maximum Gasteiger partial charge on any atom is 0.140 e. The normalized spacial score (nSPS) is 11.5. The monoisotopic (exact) mass is 209 g/mol. The zero-order valence-corrected chi connectivity index (χ0v) is 9.21. The minimum absolute atomic E-state index is 0.338. The lowest BCUT2D eigenvalue weighted by atomic mass is 10.2. The minimum Gasteiger partial charge on any atom is -0.262 e. The molecule has 2 aromatic heterocycles. The SMILES string of the molecule is Cc1nn(C(C)C)c2ccnc(Cl)c12. The molecule has 0 N–H and O–H groups in total. The molecule has 0 saturated heterocycles. The Kier molecular flexibility index (Phi) is 2.19. The Bertz CT molecular complexity index is 473. The molecule has 14 heavy (non-hydrogen) atoms. The van der Waals surface area contributed by atoms with Crippen LogP contribution >= 0.6 is 11.6 Å². The summed E-state index contributed by atoms with van der Waals surface area (Å²) in [5, 5.41) is 5.94. The Hall–Kier alpha value is -1.09. The van der Waals surface area contributed by atoms with Crippen LogP contribution in [0.5, 0.6) is 0 Å². The van der Waals surface area contributed by atoms with Crippen molar-refractivity contribution in [1.82, 2.24) is 14.8 Å². The quantitative estimate of drug-likeness (QED) is 0.676. The largest absolute Gasteiger partial charge is 0.262 e. The van der Waals surface area contributed by atoms with E-state index >= 15 is 0 Å². The van der Waals surface area contributed by atoms with E-state index in [1.54, 1.807) is 6.20 Å². The molecule has 74 valence electrons. The lowest BCUT2D eigenvalue weighted by Gasteiger charge is -2.06. The van der Waals surface area contributed by atoms with E-state index < -0.39 is 0 Å². The smallest absolute Gasteiger partial charge is 0.140 e.